The summed E-state index contributed by atoms with van der Waals surface area (Å²) in [5, 5.41) is 9.11. The van der Waals surface area contributed by atoms with Crippen LogP contribution in [0.2, 0.25) is 0 Å². The Hall–Kier alpha value is -3.79. The lowest BCUT2D eigenvalue weighted by Gasteiger charge is -2.20. The van der Waals surface area contributed by atoms with Gasteiger partial charge in [-0.2, -0.15) is 5.10 Å². The molecule has 3 aromatic heterocycles. The summed E-state index contributed by atoms with van der Waals surface area (Å²) in [7, 11) is 1.84. The smallest absolute Gasteiger partial charge is 0.327 e. The van der Waals surface area contributed by atoms with Crippen LogP contribution in [-0.4, -0.2) is 44.9 Å². The molecule has 0 unspecified atom stereocenters. The van der Waals surface area contributed by atoms with Crippen molar-refractivity contribution in [1.82, 2.24) is 25.1 Å². The SMILES string of the molecule is Cc1nc(NC(=O)NC(=O)C2CCOCC2)ccc1Oc1ccnc(-c2cnn(C)c2)c1. The molecule has 0 bridgehead atoms. The Bertz CT molecular complexity index is 1120. The number of amides is 3. The second-order valence-corrected chi connectivity index (χ2v) is 7.49. The second-order valence-electron chi connectivity index (χ2n) is 7.49. The molecule has 1 saturated heterocycles. The maximum absolute atomic E-state index is 12.2. The van der Waals surface area contributed by atoms with E-state index in [-0.39, 0.29) is 11.8 Å². The molecule has 3 amide bonds. The highest BCUT2D eigenvalue weighted by atomic mass is 16.5. The molecule has 0 radical (unpaired) electrons. The van der Waals surface area contributed by atoms with Gasteiger partial charge in [0.1, 0.15) is 17.3 Å². The van der Waals surface area contributed by atoms with Gasteiger partial charge in [0.15, 0.2) is 0 Å². The van der Waals surface area contributed by atoms with E-state index in [2.05, 4.69) is 25.7 Å². The number of aromatic nitrogens is 4. The number of imide groups is 1. The van der Waals surface area contributed by atoms with Gasteiger partial charge >= 0.3 is 6.03 Å². The number of nitrogens with zero attached hydrogens (tertiary/aromatic N) is 4. The molecule has 2 N–H and O–H groups in total. The normalized spacial score (nSPS) is 14.1. The zero-order valence-electron chi connectivity index (χ0n) is 17.9. The van der Waals surface area contributed by atoms with Crippen LogP contribution < -0.4 is 15.4 Å². The Morgan fingerprint density at radius 2 is 2.03 bits per heavy atom. The van der Waals surface area contributed by atoms with E-state index in [1.165, 1.54) is 0 Å². The molecule has 0 aliphatic carbocycles. The van der Waals surface area contributed by atoms with E-state index in [9.17, 15) is 9.59 Å². The molecule has 4 heterocycles. The van der Waals surface area contributed by atoms with Gasteiger partial charge in [0.05, 0.1) is 17.6 Å². The molecule has 1 aliphatic heterocycles. The first-order valence-corrected chi connectivity index (χ1v) is 10.3. The maximum Gasteiger partial charge on any atom is 0.327 e. The first-order chi connectivity index (χ1) is 15.5. The predicted molar refractivity (Wildman–Crippen MR) is 116 cm³/mol. The molecule has 0 saturated carbocycles. The summed E-state index contributed by atoms with van der Waals surface area (Å²) in [6, 6.07) is 6.28. The van der Waals surface area contributed by atoms with E-state index in [0.717, 1.165) is 11.3 Å². The fourth-order valence-electron chi connectivity index (χ4n) is 3.36. The molecule has 0 aromatic carbocycles. The number of anilines is 1. The Balaban J connectivity index is 1.38. The van der Waals surface area contributed by atoms with Crippen LogP contribution in [0.25, 0.3) is 11.3 Å². The number of nitrogens with one attached hydrogen (secondary N) is 2. The van der Waals surface area contributed by atoms with Crippen molar-refractivity contribution in [3.05, 3.63) is 48.5 Å². The first-order valence-electron chi connectivity index (χ1n) is 10.3. The number of pyridine rings is 2. The van der Waals surface area contributed by atoms with Gasteiger partial charge in [-0.05, 0) is 38.0 Å². The molecule has 10 nitrogen and oxygen atoms in total. The lowest BCUT2D eigenvalue weighted by atomic mass is 10.00. The number of urea groups is 1. The van der Waals surface area contributed by atoms with Crippen molar-refractivity contribution in [2.24, 2.45) is 13.0 Å². The molecular weight excluding hydrogens is 412 g/mol. The van der Waals surface area contributed by atoms with Crippen LogP contribution in [0.3, 0.4) is 0 Å². The lowest BCUT2D eigenvalue weighted by molar-refractivity contribution is -0.126. The van der Waals surface area contributed by atoms with Crippen LogP contribution in [0.5, 0.6) is 11.5 Å². The van der Waals surface area contributed by atoms with Crippen molar-refractivity contribution < 1.29 is 19.1 Å². The Morgan fingerprint density at radius 1 is 1.22 bits per heavy atom. The van der Waals surface area contributed by atoms with Gasteiger partial charge in [-0.15, -0.1) is 0 Å². The molecule has 0 spiro atoms. The topological polar surface area (TPSA) is 120 Å². The number of ether oxygens (including phenoxy) is 2. The third-order valence-electron chi connectivity index (χ3n) is 5.07. The number of hydrogen-bond acceptors (Lipinski definition) is 7. The molecule has 1 fully saturated rings. The van der Waals surface area contributed by atoms with Gasteiger partial charge in [0, 0.05) is 50.2 Å². The minimum Gasteiger partial charge on any atom is -0.455 e. The number of carbonyl (C=O) groups excluding carboxylic acids is 2. The molecule has 1 aliphatic rings. The Kier molecular flexibility index (Phi) is 6.41. The standard InChI is InChI=1S/C22H24N6O4/c1-14-19(32-17-5-8-23-18(11-17)16-12-24-28(2)13-16)3-4-20(25-14)26-22(30)27-21(29)15-6-9-31-10-7-15/h3-5,8,11-13,15H,6-7,9-10H2,1-2H3,(H2,25,26,27,29,30). The van der Waals surface area contributed by atoms with Gasteiger partial charge < -0.3 is 9.47 Å². The van der Waals surface area contributed by atoms with Crippen molar-refractivity contribution >= 4 is 17.8 Å². The number of rotatable bonds is 5. The average Bonchev–Trinajstić information content (AvgIpc) is 3.23. The van der Waals surface area contributed by atoms with Crippen LogP contribution in [0.1, 0.15) is 18.5 Å². The minimum absolute atomic E-state index is 0.211. The summed E-state index contributed by atoms with van der Waals surface area (Å²) < 4.78 is 12.9. The number of aryl methyl sites for hydroxylation is 2. The highest BCUT2D eigenvalue weighted by molar-refractivity contribution is 6.01. The summed E-state index contributed by atoms with van der Waals surface area (Å²) in [4.78, 5) is 33.1. The number of hydrogen-bond donors (Lipinski definition) is 2. The van der Waals surface area contributed by atoms with Crippen molar-refractivity contribution in [2.45, 2.75) is 19.8 Å². The molecule has 0 atom stereocenters. The van der Waals surface area contributed by atoms with E-state index >= 15 is 0 Å². The Labute approximate surface area is 185 Å². The molecule has 3 aromatic rings. The van der Waals surface area contributed by atoms with Crippen molar-refractivity contribution in [3.63, 3.8) is 0 Å². The van der Waals surface area contributed by atoms with Gasteiger partial charge in [0.2, 0.25) is 5.91 Å². The molecule has 4 rings (SSSR count). The minimum atomic E-state index is -0.614. The zero-order chi connectivity index (χ0) is 22.5. The predicted octanol–water partition coefficient (Wildman–Crippen LogP) is 3.05. The van der Waals surface area contributed by atoms with Crippen molar-refractivity contribution in [3.8, 4) is 22.8 Å². The van der Waals surface area contributed by atoms with Crippen molar-refractivity contribution in [2.75, 3.05) is 18.5 Å². The second kappa shape index (κ2) is 9.56. The third kappa shape index (κ3) is 5.27. The maximum atomic E-state index is 12.2. The lowest BCUT2D eigenvalue weighted by Crippen LogP contribution is -2.40. The highest BCUT2D eigenvalue weighted by Gasteiger charge is 2.23. The monoisotopic (exact) mass is 436 g/mol. The van der Waals surface area contributed by atoms with Gasteiger partial charge in [-0.1, -0.05) is 0 Å². The van der Waals surface area contributed by atoms with Crippen LogP contribution in [0, 0.1) is 12.8 Å². The third-order valence-corrected chi connectivity index (χ3v) is 5.07. The summed E-state index contributed by atoms with van der Waals surface area (Å²) in [6.45, 7) is 2.83. The Morgan fingerprint density at radius 3 is 2.75 bits per heavy atom. The first kappa shape index (κ1) is 21.4. The van der Waals surface area contributed by atoms with E-state index in [4.69, 9.17) is 9.47 Å². The molecule has 10 heteroatoms. The molecule has 166 valence electrons. The van der Waals surface area contributed by atoms with E-state index < -0.39 is 6.03 Å². The van der Waals surface area contributed by atoms with Crippen LogP contribution in [0.4, 0.5) is 10.6 Å². The van der Waals surface area contributed by atoms with E-state index in [1.807, 2.05) is 19.3 Å². The van der Waals surface area contributed by atoms with Gasteiger partial charge in [-0.25, -0.2) is 9.78 Å². The van der Waals surface area contributed by atoms with Crippen molar-refractivity contribution in [1.29, 1.82) is 0 Å². The fourth-order valence-corrected chi connectivity index (χ4v) is 3.36. The number of carbonyl (C=O) groups is 2. The highest BCUT2D eigenvalue weighted by Crippen LogP contribution is 2.27. The zero-order valence-corrected chi connectivity index (χ0v) is 17.9. The quantitative estimate of drug-likeness (QED) is 0.631. The van der Waals surface area contributed by atoms with E-state index in [0.29, 0.717) is 49.1 Å². The summed E-state index contributed by atoms with van der Waals surface area (Å²) in [6.07, 6.45) is 6.49. The molecular formula is C22H24N6O4. The van der Waals surface area contributed by atoms with Gasteiger partial charge in [0.25, 0.3) is 0 Å². The van der Waals surface area contributed by atoms with E-state index in [1.54, 1.807) is 42.2 Å². The fraction of sp³-hybridized carbons (Fsp3) is 0.318. The summed E-state index contributed by atoms with van der Waals surface area (Å²) in [5.74, 6) is 0.946. The average molecular weight is 436 g/mol. The molecule has 32 heavy (non-hydrogen) atoms. The van der Waals surface area contributed by atoms with Crippen LogP contribution in [-0.2, 0) is 16.6 Å². The largest absolute Gasteiger partial charge is 0.455 e. The summed E-state index contributed by atoms with van der Waals surface area (Å²) in [5.41, 5.74) is 2.21. The van der Waals surface area contributed by atoms with Crippen LogP contribution >= 0.6 is 0 Å². The van der Waals surface area contributed by atoms with Crippen LogP contribution in [0.15, 0.2) is 42.9 Å². The van der Waals surface area contributed by atoms with Gasteiger partial charge in [-0.3, -0.25) is 25.1 Å². The summed E-state index contributed by atoms with van der Waals surface area (Å²) >= 11 is 0.